The highest BCUT2D eigenvalue weighted by atomic mass is 32.2. The highest BCUT2D eigenvalue weighted by Crippen LogP contribution is 2.30. The first kappa shape index (κ1) is 13.3. The van der Waals surface area contributed by atoms with E-state index in [4.69, 9.17) is 0 Å². The van der Waals surface area contributed by atoms with Gasteiger partial charge in [-0.15, -0.1) is 11.8 Å². The molecule has 96 valence electrons. The fraction of sp³-hybridized carbons (Fsp3) is 0.533. The van der Waals surface area contributed by atoms with Gasteiger partial charge in [0.05, 0.1) is 11.3 Å². The molecule has 2 nitrogen and oxygen atoms in total. The zero-order valence-electron chi connectivity index (χ0n) is 11.1. The number of thioether (sulfide) groups is 1. The molecule has 2 rings (SSSR count). The van der Waals surface area contributed by atoms with E-state index in [0.29, 0.717) is 6.04 Å². The van der Waals surface area contributed by atoms with E-state index in [1.807, 2.05) is 24.5 Å². The number of nitriles is 1. The zero-order chi connectivity index (χ0) is 13.0. The maximum Gasteiger partial charge on any atom is 0.102 e. The second-order valence-electron chi connectivity index (χ2n) is 5.11. The minimum Gasteiger partial charge on any atom is -0.381 e. The SMILES string of the molecule is CSc1cccc(NC2CCCC(C)C2)c1C#N. The summed E-state index contributed by atoms with van der Waals surface area (Å²) in [6.45, 7) is 2.32. The molecule has 0 spiro atoms. The maximum atomic E-state index is 9.31. The Labute approximate surface area is 114 Å². The van der Waals surface area contributed by atoms with Gasteiger partial charge in [0.25, 0.3) is 0 Å². The lowest BCUT2D eigenvalue weighted by Gasteiger charge is -2.28. The second-order valence-corrected chi connectivity index (χ2v) is 5.96. The number of anilines is 1. The maximum absolute atomic E-state index is 9.31. The van der Waals surface area contributed by atoms with Crippen LogP contribution < -0.4 is 5.32 Å². The number of hydrogen-bond acceptors (Lipinski definition) is 3. The van der Waals surface area contributed by atoms with Crippen molar-refractivity contribution in [1.82, 2.24) is 0 Å². The lowest BCUT2D eigenvalue weighted by atomic mass is 9.87. The van der Waals surface area contributed by atoms with Crippen molar-refractivity contribution in [3.63, 3.8) is 0 Å². The molecule has 2 unspecified atom stereocenters. The number of nitrogens with one attached hydrogen (secondary N) is 1. The molecular formula is C15H20N2S. The molecule has 1 N–H and O–H groups in total. The van der Waals surface area contributed by atoms with Crippen LogP contribution >= 0.6 is 11.8 Å². The molecule has 0 amide bonds. The van der Waals surface area contributed by atoms with Crippen molar-refractivity contribution in [2.45, 2.75) is 43.5 Å². The molecule has 1 fully saturated rings. The van der Waals surface area contributed by atoms with Gasteiger partial charge in [0, 0.05) is 10.9 Å². The zero-order valence-corrected chi connectivity index (χ0v) is 11.9. The lowest BCUT2D eigenvalue weighted by molar-refractivity contribution is 0.358. The highest BCUT2D eigenvalue weighted by molar-refractivity contribution is 7.98. The summed E-state index contributed by atoms with van der Waals surface area (Å²) < 4.78 is 0. The molecule has 1 aliphatic carbocycles. The molecule has 0 saturated heterocycles. The van der Waals surface area contributed by atoms with Crippen molar-refractivity contribution < 1.29 is 0 Å². The molecule has 1 aromatic carbocycles. The van der Waals surface area contributed by atoms with Crippen LogP contribution in [0.5, 0.6) is 0 Å². The summed E-state index contributed by atoms with van der Waals surface area (Å²) in [6, 6.07) is 8.92. The van der Waals surface area contributed by atoms with Gasteiger partial charge >= 0.3 is 0 Å². The van der Waals surface area contributed by atoms with Gasteiger partial charge in [-0.3, -0.25) is 0 Å². The first-order valence-electron chi connectivity index (χ1n) is 6.58. The Morgan fingerprint density at radius 1 is 1.39 bits per heavy atom. The van der Waals surface area contributed by atoms with E-state index in [1.54, 1.807) is 11.8 Å². The Kier molecular flexibility index (Phi) is 4.54. The summed E-state index contributed by atoms with van der Waals surface area (Å²) >= 11 is 1.63. The normalized spacial score (nSPS) is 23.4. The number of benzene rings is 1. The van der Waals surface area contributed by atoms with Gasteiger partial charge in [-0.2, -0.15) is 5.26 Å². The Balaban J connectivity index is 2.16. The van der Waals surface area contributed by atoms with Gasteiger partial charge < -0.3 is 5.32 Å². The number of nitrogens with zero attached hydrogens (tertiary/aromatic N) is 1. The fourth-order valence-corrected chi connectivity index (χ4v) is 3.30. The van der Waals surface area contributed by atoms with Crippen LogP contribution in [0.25, 0.3) is 0 Å². The lowest BCUT2D eigenvalue weighted by Crippen LogP contribution is -2.26. The van der Waals surface area contributed by atoms with Crippen LogP contribution in [0, 0.1) is 17.2 Å². The van der Waals surface area contributed by atoms with Gasteiger partial charge in [-0.25, -0.2) is 0 Å². The van der Waals surface area contributed by atoms with E-state index in [9.17, 15) is 5.26 Å². The Hall–Kier alpha value is -1.14. The van der Waals surface area contributed by atoms with Gasteiger partial charge in [0.2, 0.25) is 0 Å². The van der Waals surface area contributed by atoms with E-state index in [2.05, 4.69) is 18.3 Å². The van der Waals surface area contributed by atoms with E-state index in [0.717, 1.165) is 22.1 Å². The largest absolute Gasteiger partial charge is 0.381 e. The van der Waals surface area contributed by atoms with Crippen molar-refractivity contribution in [2.75, 3.05) is 11.6 Å². The third-order valence-corrected chi connectivity index (χ3v) is 4.43. The third kappa shape index (κ3) is 3.00. The monoisotopic (exact) mass is 260 g/mol. The van der Waals surface area contributed by atoms with Crippen LogP contribution in [0.4, 0.5) is 5.69 Å². The summed E-state index contributed by atoms with van der Waals surface area (Å²) in [5.41, 5.74) is 1.80. The number of hydrogen-bond donors (Lipinski definition) is 1. The quantitative estimate of drug-likeness (QED) is 0.824. The fourth-order valence-electron chi connectivity index (χ4n) is 2.72. The van der Waals surface area contributed by atoms with Crippen molar-refractivity contribution >= 4 is 17.4 Å². The van der Waals surface area contributed by atoms with Crippen LogP contribution in [-0.2, 0) is 0 Å². The second kappa shape index (κ2) is 6.15. The Bertz CT molecular complexity index is 450. The molecule has 0 bridgehead atoms. The molecule has 0 radical (unpaired) electrons. The van der Waals surface area contributed by atoms with E-state index >= 15 is 0 Å². The molecule has 2 atom stereocenters. The minimum atomic E-state index is 0.526. The average Bonchev–Trinajstić information content (AvgIpc) is 2.38. The molecule has 0 aromatic heterocycles. The average molecular weight is 260 g/mol. The summed E-state index contributed by atoms with van der Waals surface area (Å²) in [4.78, 5) is 1.06. The molecule has 18 heavy (non-hydrogen) atoms. The summed E-state index contributed by atoms with van der Waals surface area (Å²) in [5.74, 6) is 0.797. The van der Waals surface area contributed by atoms with Crippen LogP contribution in [0.15, 0.2) is 23.1 Å². The molecule has 1 aromatic rings. The molecule has 1 aliphatic rings. The summed E-state index contributed by atoms with van der Waals surface area (Å²) in [5, 5.41) is 12.9. The van der Waals surface area contributed by atoms with Crippen LogP contribution in [0.3, 0.4) is 0 Å². The van der Waals surface area contributed by atoms with Gasteiger partial charge in [0.15, 0.2) is 0 Å². The van der Waals surface area contributed by atoms with E-state index in [1.165, 1.54) is 25.7 Å². The predicted octanol–water partition coefficient (Wildman–Crippen LogP) is 4.27. The first-order chi connectivity index (χ1) is 8.74. The minimum absolute atomic E-state index is 0.526. The molecular weight excluding hydrogens is 240 g/mol. The van der Waals surface area contributed by atoms with E-state index < -0.39 is 0 Å². The van der Waals surface area contributed by atoms with Crippen LogP contribution in [0.1, 0.15) is 38.2 Å². The first-order valence-corrected chi connectivity index (χ1v) is 7.80. The molecule has 0 aliphatic heterocycles. The predicted molar refractivity (Wildman–Crippen MR) is 78.0 cm³/mol. The van der Waals surface area contributed by atoms with Crippen LogP contribution in [-0.4, -0.2) is 12.3 Å². The Morgan fingerprint density at radius 3 is 2.89 bits per heavy atom. The molecule has 3 heteroatoms. The van der Waals surface area contributed by atoms with Crippen molar-refractivity contribution in [1.29, 1.82) is 5.26 Å². The summed E-state index contributed by atoms with van der Waals surface area (Å²) in [7, 11) is 0. The van der Waals surface area contributed by atoms with Crippen molar-refractivity contribution in [2.24, 2.45) is 5.92 Å². The highest BCUT2D eigenvalue weighted by Gasteiger charge is 2.19. The van der Waals surface area contributed by atoms with Gasteiger partial charge in [-0.1, -0.05) is 25.8 Å². The molecule has 1 saturated carbocycles. The van der Waals surface area contributed by atoms with Crippen LogP contribution in [0.2, 0.25) is 0 Å². The number of rotatable bonds is 3. The van der Waals surface area contributed by atoms with E-state index in [-0.39, 0.29) is 0 Å². The molecule has 0 heterocycles. The Morgan fingerprint density at radius 2 is 2.22 bits per heavy atom. The van der Waals surface area contributed by atoms with Gasteiger partial charge in [-0.05, 0) is 37.1 Å². The standard InChI is InChI=1S/C15H20N2S/c1-11-5-3-6-12(9-11)17-14-7-4-8-15(18-2)13(14)10-16/h4,7-8,11-12,17H,3,5-6,9H2,1-2H3. The topological polar surface area (TPSA) is 35.8 Å². The van der Waals surface area contributed by atoms with Crippen molar-refractivity contribution in [3.8, 4) is 6.07 Å². The third-order valence-electron chi connectivity index (χ3n) is 3.65. The van der Waals surface area contributed by atoms with Gasteiger partial charge in [0.1, 0.15) is 6.07 Å². The van der Waals surface area contributed by atoms with Crippen molar-refractivity contribution in [3.05, 3.63) is 23.8 Å². The smallest absolute Gasteiger partial charge is 0.102 e. The summed E-state index contributed by atoms with van der Waals surface area (Å²) in [6.07, 6.45) is 7.09.